The minimum absolute atomic E-state index is 0.183. The van der Waals surface area contributed by atoms with Crippen LogP contribution in [0.1, 0.15) is 11.4 Å². The van der Waals surface area contributed by atoms with Gasteiger partial charge in [-0.15, -0.1) is 21.5 Å². The van der Waals surface area contributed by atoms with Crippen LogP contribution in [0.5, 0.6) is 5.75 Å². The zero-order valence-electron chi connectivity index (χ0n) is 22.6. The predicted octanol–water partition coefficient (Wildman–Crippen LogP) is 3.02. The molecule has 6 rings (SSSR count). The molecular formula is C31H25FN6O3S. The van der Waals surface area contributed by atoms with Crippen molar-refractivity contribution in [1.82, 2.24) is 19.3 Å². The van der Waals surface area contributed by atoms with E-state index in [0.29, 0.717) is 64.3 Å². The highest BCUT2D eigenvalue weighted by atomic mass is 32.1. The first-order valence-electron chi connectivity index (χ1n) is 13.2. The number of anilines is 1. The smallest absolute Gasteiger partial charge is 0.273 e. The van der Waals surface area contributed by atoms with Crippen molar-refractivity contribution in [2.24, 2.45) is 0 Å². The average molecular weight is 581 g/mol. The van der Waals surface area contributed by atoms with E-state index >= 15 is 0 Å². The van der Waals surface area contributed by atoms with Crippen LogP contribution < -0.4 is 24.4 Å². The van der Waals surface area contributed by atoms with Gasteiger partial charge in [0.15, 0.2) is 5.82 Å². The molecule has 0 N–H and O–H groups in total. The maximum absolute atomic E-state index is 13.9. The first kappa shape index (κ1) is 27.1. The van der Waals surface area contributed by atoms with Crippen LogP contribution in [0, 0.1) is 17.1 Å². The molecule has 0 bridgehead atoms. The van der Waals surface area contributed by atoms with Crippen LogP contribution in [0.15, 0.2) is 83.7 Å². The lowest BCUT2D eigenvalue weighted by Crippen LogP contribution is -2.38. The number of nitriles is 1. The van der Waals surface area contributed by atoms with Crippen LogP contribution in [0.4, 0.5) is 10.3 Å². The molecule has 0 unspecified atom stereocenters. The lowest BCUT2D eigenvalue weighted by Gasteiger charge is -2.28. The first-order valence-corrected chi connectivity index (χ1v) is 14.0. The van der Waals surface area contributed by atoms with E-state index in [9.17, 15) is 14.4 Å². The van der Waals surface area contributed by atoms with Crippen molar-refractivity contribution >= 4 is 28.9 Å². The quantitative estimate of drug-likeness (QED) is 0.305. The molecule has 42 heavy (non-hydrogen) atoms. The summed E-state index contributed by atoms with van der Waals surface area (Å²) in [5.41, 5.74) is 1.85. The molecule has 1 saturated heterocycles. The zero-order chi connectivity index (χ0) is 29.1. The van der Waals surface area contributed by atoms with E-state index in [2.05, 4.69) is 21.2 Å². The van der Waals surface area contributed by atoms with Gasteiger partial charge in [0, 0.05) is 13.1 Å². The van der Waals surface area contributed by atoms with Crippen molar-refractivity contribution in [3.8, 4) is 23.2 Å². The molecule has 5 aromatic rings. The van der Waals surface area contributed by atoms with Crippen LogP contribution in [0.25, 0.3) is 23.0 Å². The molecule has 210 valence electrons. The Bertz CT molecular complexity index is 1940. The Labute approximate surface area is 244 Å². The number of aromatic nitrogens is 4. The number of para-hydroxylation sites is 1. The second-order valence-corrected chi connectivity index (χ2v) is 10.4. The van der Waals surface area contributed by atoms with E-state index in [1.54, 1.807) is 49.6 Å². The molecule has 1 aliphatic heterocycles. The first-order chi connectivity index (χ1) is 20.6. The summed E-state index contributed by atoms with van der Waals surface area (Å²) in [6.45, 7) is 2.35. The summed E-state index contributed by atoms with van der Waals surface area (Å²) in [7, 11) is 1.57. The molecule has 3 aromatic carbocycles. The number of halogens is 1. The van der Waals surface area contributed by atoms with Gasteiger partial charge in [0.2, 0.25) is 5.95 Å². The van der Waals surface area contributed by atoms with Gasteiger partial charge >= 0.3 is 0 Å². The lowest BCUT2D eigenvalue weighted by atomic mass is 10.2. The van der Waals surface area contributed by atoms with Crippen LogP contribution in [0.3, 0.4) is 0 Å². The van der Waals surface area contributed by atoms with Crippen molar-refractivity contribution in [2.75, 3.05) is 38.3 Å². The largest absolute Gasteiger partial charge is 0.497 e. The van der Waals surface area contributed by atoms with E-state index in [4.69, 9.17) is 9.47 Å². The van der Waals surface area contributed by atoms with Gasteiger partial charge in [-0.1, -0.05) is 30.3 Å². The van der Waals surface area contributed by atoms with Gasteiger partial charge in [-0.25, -0.2) is 4.39 Å². The van der Waals surface area contributed by atoms with Gasteiger partial charge < -0.3 is 14.4 Å². The van der Waals surface area contributed by atoms with Crippen molar-refractivity contribution in [1.29, 1.82) is 5.26 Å². The maximum atomic E-state index is 13.9. The number of methoxy groups -OCH3 is 1. The molecule has 9 nitrogen and oxygen atoms in total. The number of hydrogen-bond donors (Lipinski definition) is 0. The molecule has 0 atom stereocenters. The van der Waals surface area contributed by atoms with Crippen molar-refractivity contribution < 1.29 is 13.9 Å². The molecule has 2 aromatic heterocycles. The van der Waals surface area contributed by atoms with E-state index in [-0.39, 0.29) is 16.9 Å². The molecule has 3 heterocycles. The van der Waals surface area contributed by atoms with Crippen LogP contribution in [-0.4, -0.2) is 52.7 Å². The van der Waals surface area contributed by atoms with Gasteiger partial charge in [-0.2, -0.15) is 5.26 Å². The molecule has 0 aliphatic carbocycles. The Balaban J connectivity index is 1.65. The van der Waals surface area contributed by atoms with Crippen LogP contribution in [0.2, 0.25) is 0 Å². The third-order valence-electron chi connectivity index (χ3n) is 6.83. The third kappa shape index (κ3) is 5.21. The molecule has 1 aliphatic rings. The van der Waals surface area contributed by atoms with Gasteiger partial charge in [0.05, 0.1) is 36.2 Å². The van der Waals surface area contributed by atoms with Crippen molar-refractivity contribution in [3.05, 3.63) is 116 Å². The number of rotatable bonds is 6. The molecule has 0 radical (unpaired) electrons. The predicted molar refractivity (Wildman–Crippen MR) is 158 cm³/mol. The fourth-order valence-electron chi connectivity index (χ4n) is 4.74. The number of ether oxygens (including phenoxy) is 2. The molecule has 1 fully saturated rings. The minimum atomic E-state index is -0.369. The summed E-state index contributed by atoms with van der Waals surface area (Å²) in [6.07, 6.45) is 1.69. The monoisotopic (exact) mass is 580 g/mol. The summed E-state index contributed by atoms with van der Waals surface area (Å²) in [6, 6.07) is 24.8. The SMILES string of the molecule is COc1ccc(-n2c(=C(C#N)c3nnc(N4CCOCC4)n3-c3ccccc3)sc(=Cc3ccc(F)cc3)c2=O)cc1. The Morgan fingerprint density at radius 3 is 2.33 bits per heavy atom. The number of morpholine rings is 1. The van der Waals surface area contributed by atoms with E-state index < -0.39 is 0 Å². The topological polar surface area (TPSA) is 98.2 Å². The second-order valence-electron chi connectivity index (χ2n) is 9.39. The number of nitrogens with zero attached hydrogens (tertiary/aromatic N) is 6. The summed E-state index contributed by atoms with van der Waals surface area (Å²) >= 11 is 1.16. The number of benzene rings is 3. The number of thiazole rings is 1. The lowest BCUT2D eigenvalue weighted by molar-refractivity contribution is 0.122. The van der Waals surface area contributed by atoms with Gasteiger partial charge in [-0.05, 0) is 60.2 Å². The average Bonchev–Trinajstić information content (AvgIpc) is 3.61. The summed E-state index contributed by atoms with van der Waals surface area (Å²) in [5.74, 6) is 1.15. The highest BCUT2D eigenvalue weighted by Gasteiger charge is 2.25. The van der Waals surface area contributed by atoms with Crippen LogP contribution >= 0.6 is 11.3 Å². The number of hydrogen-bond acceptors (Lipinski definition) is 8. The van der Waals surface area contributed by atoms with Gasteiger partial charge in [0.25, 0.3) is 5.56 Å². The highest BCUT2D eigenvalue weighted by molar-refractivity contribution is 7.07. The van der Waals surface area contributed by atoms with Crippen molar-refractivity contribution in [2.45, 2.75) is 0 Å². The Kier molecular flexibility index (Phi) is 7.64. The standard InChI is InChI=1S/C31H25FN6O3S/c1-40-25-13-11-24(12-14-25)38-29(39)27(19-21-7-9-22(32)10-8-21)42-30(38)26(20-33)28-34-35-31(36-15-17-41-18-16-36)37(28)23-5-3-2-4-6-23/h2-14,19H,15-18H2,1H3. The Morgan fingerprint density at radius 1 is 0.976 bits per heavy atom. The molecule has 0 saturated carbocycles. The molecule has 11 heteroatoms. The van der Waals surface area contributed by atoms with E-state index in [1.807, 2.05) is 34.9 Å². The van der Waals surface area contributed by atoms with Gasteiger partial charge in [0.1, 0.15) is 27.9 Å². The molecule has 0 amide bonds. The summed E-state index contributed by atoms with van der Waals surface area (Å²) in [4.78, 5) is 16.0. The fraction of sp³-hybridized carbons (Fsp3) is 0.161. The Morgan fingerprint density at radius 2 is 1.67 bits per heavy atom. The maximum Gasteiger partial charge on any atom is 0.273 e. The Hall–Kier alpha value is -5.05. The second kappa shape index (κ2) is 11.8. The van der Waals surface area contributed by atoms with Gasteiger partial charge in [-0.3, -0.25) is 13.9 Å². The fourth-order valence-corrected chi connectivity index (χ4v) is 5.84. The zero-order valence-corrected chi connectivity index (χ0v) is 23.4. The summed E-state index contributed by atoms with van der Waals surface area (Å²) in [5, 5.41) is 19.6. The minimum Gasteiger partial charge on any atom is -0.497 e. The summed E-state index contributed by atoms with van der Waals surface area (Å²) < 4.78 is 28.5. The molecule has 0 spiro atoms. The van der Waals surface area contributed by atoms with E-state index in [0.717, 1.165) is 17.0 Å². The highest BCUT2D eigenvalue weighted by Crippen LogP contribution is 2.24. The van der Waals surface area contributed by atoms with E-state index in [1.165, 1.54) is 16.7 Å². The normalized spacial score (nSPS) is 14.5. The van der Waals surface area contributed by atoms with Crippen LogP contribution in [-0.2, 0) is 4.74 Å². The van der Waals surface area contributed by atoms with Crippen molar-refractivity contribution in [3.63, 3.8) is 0 Å². The molecular weight excluding hydrogens is 555 g/mol. The third-order valence-corrected chi connectivity index (χ3v) is 7.92.